The van der Waals surface area contributed by atoms with E-state index >= 15 is 0 Å². The second kappa shape index (κ2) is 4.41. The summed E-state index contributed by atoms with van der Waals surface area (Å²) in [6.07, 6.45) is 3.89. The van der Waals surface area contributed by atoms with E-state index in [1.54, 1.807) is 10.9 Å². The molecule has 0 aliphatic carbocycles. The van der Waals surface area contributed by atoms with Crippen LogP contribution < -0.4 is 11.1 Å². The average Bonchev–Trinajstić information content (AvgIpc) is 2.41. The molecule has 1 aromatic rings. The van der Waals surface area contributed by atoms with E-state index < -0.39 is 0 Å². The Kier molecular flexibility index (Phi) is 3.48. The minimum absolute atomic E-state index is 0.571. The molecule has 0 fully saturated rings. The molecule has 1 atom stereocenters. The molecule has 74 valence electrons. The SMILES string of the molecule is CSC(C)CNc1nn(C)cc1N. The van der Waals surface area contributed by atoms with Crippen molar-refractivity contribution in [2.45, 2.75) is 12.2 Å². The van der Waals surface area contributed by atoms with Gasteiger partial charge in [-0.15, -0.1) is 0 Å². The molecule has 0 spiro atoms. The van der Waals surface area contributed by atoms with E-state index in [1.807, 2.05) is 18.8 Å². The number of hydrogen-bond acceptors (Lipinski definition) is 4. The number of nitrogens with one attached hydrogen (secondary N) is 1. The Hall–Kier alpha value is -0.840. The summed E-state index contributed by atoms with van der Waals surface area (Å²) in [5, 5.41) is 7.97. The van der Waals surface area contributed by atoms with Crippen molar-refractivity contribution in [2.24, 2.45) is 7.05 Å². The number of aromatic nitrogens is 2. The van der Waals surface area contributed by atoms with Crippen LogP contribution in [0.3, 0.4) is 0 Å². The molecule has 0 radical (unpaired) electrons. The van der Waals surface area contributed by atoms with Crippen LogP contribution >= 0.6 is 11.8 Å². The highest BCUT2D eigenvalue weighted by Crippen LogP contribution is 2.15. The van der Waals surface area contributed by atoms with Crippen molar-refractivity contribution < 1.29 is 0 Å². The van der Waals surface area contributed by atoms with Crippen molar-refractivity contribution >= 4 is 23.3 Å². The van der Waals surface area contributed by atoms with Gasteiger partial charge in [0.25, 0.3) is 0 Å². The lowest BCUT2D eigenvalue weighted by Gasteiger charge is -2.08. The predicted octanol–water partition coefficient (Wildman–Crippen LogP) is 1.17. The Labute approximate surface area is 82.9 Å². The van der Waals surface area contributed by atoms with Crippen LogP contribution in [0.25, 0.3) is 0 Å². The number of nitrogen functional groups attached to an aromatic ring is 1. The molecule has 13 heavy (non-hydrogen) atoms. The largest absolute Gasteiger partial charge is 0.394 e. The molecule has 1 unspecified atom stereocenters. The third-order valence-electron chi connectivity index (χ3n) is 1.82. The van der Waals surface area contributed by atoms with E-state index in [9.17, 15) is 0 Å². The van der Waals surface area contributed by atoms with Gasteiger partial charge >= 0.3 is 0 Å². The highest BCUT2D eigenvalue weighted by Gasteiger charge is 2.04. The summed E-state index contributed by atoms with van der Waals surface area (Å²) in [4.78, 5) is 0. The number of thioether (sulfide) groups is 1. The second-order valence-electron chi connectivity index (χ2n) is 3.03. The molecule has 0 aromatic carbocycles. The van der Waals surface area contributed by atoms with Gasteiger partial charge < -0.3 is 11.1 Å². The van der Waals surface area contributed by atoms with Gasteiger partial charge in [0.2, 0.25) is 0 Å². The highest BCUT2D eigenvalue weighted by molar-refractivity contribution is 7.99. The Morgan fingerprint density at radius 2 is 2.46 bits per heavy atom. The monoisotopic (exact) mass is 200 g/mol. The summed E-state index contributed by atoms with van der Waals surface area (Å²) in [5.41, 5.74) is 6.42. The summed E-state index contributed by atoms with van der Waals surface area (Å²) in [6, 6.07) is 0. The van der Waals surface area contributed by atoms with E-state index in [0.29, 0.717) is 10.9 Å². The van der Waals surface area contributed by atoms with Crippen LogP contribution in [0.15, 0.2) is 6.20 Å². The third-order valence-corrected chi connectivity index (χ3v) is 2.79. The molecule has 0 saturated heterocycles. The van der Waals surface area contributed by atoms with E-state index in [-0.39, 0.29) is 0 Å². The first-order chi connectivity index (χ1) is 6.13. The molecule has 3 N–H and O–H groups in total. The highest BCUT2D eigenvalue weighted by atomic mass is 32.2. The fraction of sp³-hybridized carbons (Fsp3) is 0.625. The molecule has 1 heterocycles. The maximum absolute atomic E-state index is 5.72. The maximum atomic E-state index is 5.72. The molecule has 1 rings (SSSR count). The summed E-state index contributed by atoms with van der Waals surface area (Å²) < 4.78 is 1.71. The van der Waals surface area contributed by atoms with Crippen molar-refractivity contribution in [2.75, 3.05) is 23.9 Å². The first-order valence-electron chi connectivity index (χ1n) is 4.19. The number of nitrogens with zero attached hydrogens (tertiary/aromatic N) is 2. The van der Waals surface area contributed by atoms with Crippen molar-refractivity contribution in [3.8, 4) is 0 Å². The molecule has 0 amide bonds. The van der Waals surface area contributed by atoms with Crippen LogP contribution in [0.5, 0.6) is 0 Å². The van der Waals surface area contributed by atoms with E-state index in [1.165, 1.54) is 0 Å². The molecule has 1 aromatic heterocycles. The van der Waals surface area contributed by atoms with Gasteiger partial charge in [-0.05, 0) is 6.26 Å². The fourth-order valence-electron chi connectivity index (χ4n) is 0.968. The molecule has 4 nitrogen and oxygen atoms in total. The second-order valence-corrected chi connectivity index (χ2v) is 4.31. The van der Waals surface area contributed by atoms with Crippen LogP contribution in [0.1, 0.15) is 6.92 Å². The third kappa shape index (κ3) is 2.84. The van der Waals surface area contributed by atoms with Crippen molar-refractivity contribution in [1.82, 2.24) is 9.78 Å². The molecule has 0 aliphatic heterocycles. The standard InChI is InChI=1S/C8H16N4S/c1-6(13-3)4-10-8-7(9)5-12(2)11-8/h5-6H,4,9H2,1-3H3,(H,10,11). The Balaban J connectivity index is 2.49. The quantitative estimate of drug-likeness (QED) is 0.766. The van der Waals surface area contributed by atoms with Gasteiger partial charge in [0.15, 0.2) is 5.82 Å². The lowest BCUT2D eigenvalue weighted by molar-refractivity contribution is 0.768. The van der Waals surface area contributed by atoms with Crippen LogP contribution in [0.4, 0.5) is 11.5 Å². The van der Waals surface area contributed by atoms with Crippen LogP contribution in [0, 0.1) is 0 Å². The van der Waals surface area contributed by atoms with Crippen molar-refractivity contribution in [3.63, 3.8) is 0 Å². The number of nitrogens with two attached hydrogens (primary N) is 1. The molecule has 0 aliphatic rings. The average molecular weight is 200 g/mol. The van der Waals surface area contributed by atoms with Gasteiger partial charge in [-0.2, -0.15) is 16.9 Å². The van der Waals surface area contributed by atoms with Crippen LogP contribution in [0.2, 0.25) is 0 Å². The molecular formula is C8H16N4S. The van der Waals surface area contributed by atoms with Gasteiger partial charge in [0.1, 0.15) is 0 Å². The van der Waals surface area contributed by atoms with Crippen LogP contribution in [-0.4, -0.2) is 27.8 Å². The summed E-state index contributed by atoms with van der Waals surface area (Å²) >= 11 is 1.82. The maximum Gasteiger partial charge on any atom is 0.171 e. The molecule has 0 bridgehead atoms. The summed E-state index contributed by atoms with van der Waals surface area (Å²) in [6.45, 7) is 3.05. The van der Waals surface area contributed by atoms with Crippen molar-refractivity contribution in [3.05, 3.63) is 6.20 Å². The lowest BCUT2D eigenvalue weighted by Crippen LogP contribution is -2.13. The van der Waals surface area contributed by atoms with E-state index in [2.05, 4.69) is 23.6 Å². The van der Waals surface area contributed by atoms with Crippen molar-refractivity contribution in [1.29, 1.82) is 0 Å². The molecule has 0 saturated carbocycles. The van der Waals surface area contributed by atoms with Crippen LogP contribution in [-0.2, 0) is 7.05 Å². The lowest BCUT2D eigenvalue weighted by atomic mass is 10.4. The van der Waals surface area contributed by atoms with Gasteiger partial charge in [-0.1, -0.05) is 6.92 Å². The van der Waals surface area contributed by atoms with E-state index in [0.717, 1.165) is 12.4 Å². The number of aryl methyl sites for hydroxylation is 1. The first-order valence-corrected chi connectivity index (χ1v) is 5.48. The fourth-order valence-corrected chi connectivity index (χ4v) is 1.22. The minimum atomic E-state index is 0.571. The summed E-state index contributed by atoms with van der Waals surface area (Å²) in [5.74, 6) is 0.781. The first kappa shape index (κ1) is 10.2. The van der Waals surface area contributed by atoms with Gasteiger partial charge in [0.05, 0.1) is 5.69 Å². The Bertz CT molecular complexity index is 271. The molecular weight excluding hydrogens is 184 g/mol. The van der Waals surface area contributed by atoms with Gasteiger partial charge in [-0.25, -0.2) is 0 Å². The topological polar surface area (TPSA) is 55.9 Å². The zero-order valence-corrected chi connectivity index (χ0v) is 9.06. The normalized spacial score (nSPS) is 12.8. The summed E-state index contributed by atoms with van der Waals surface area (Å²) in [7, 11) is 1.86. The Morgan fingerprint density at radius 3 is 2.92 bits per heavy atom. The van der Waals surface area contributed by atoms with Gasteiger partial charge in [-0.3, -0.25) is 4.68 Å². The smallest absolute Gasteiger partial charge is 0.171 e. The predicted molar refractivity (Wildman–Crippen MR) is 59.1 cm³/mol. The minimum Gasteiger partial charge on any atom is -0.394 e. The molecule has 5 heteroatoms. The number of rotatable bonds is 4. The van der Waals surface area contributed by atoms with Gasteiger partial charge in [0, 0.05) is 25.0 Å². The van der Waals surface area contributed by atoms with E-state index in [4.69, 9.17) is 5.73 Å². The zero-order chi connectivity index (χ0) is 9.84. The Morgan fingerprint density at radius 1 is 1.77 bits per heavy atom. The number of hydrogen-bond donors (Lipinski definition) is 2. The number of anilines is 2. The zero-order valence-electron chi connectivity index (χ0n) is 8.24.